The van der Waals surface area contributed by atoms with Gasteiger partial charge in [-0.25, -0.2) is 0 Å². The molecule has 0 spiro atoms. The van der Waals surface area contributed by atoms with Crippen molar-refractivity contribution >= 4 is 15.9 Å². The molecule has 1 rings (SSSR count). The highest BCUT2D eigenvalue weighted by molar-refractivity contribution is 9.09. The highest BCUT2D eigenvalue weighted by Crippen LogP contribution is 2.30. The lowest BCUT2D eigenvalue weighted by Gasteiger charge is -2.32. The monoisotopic (exact) mass is 262 g/mol. The Kier molecular flexibility index (Phi) is 6.11. The van der Waals surface area contributed by atoms with Crippen molar-refractivity contribution in [1.82, 2.24) is 0 Å². The van der Waals surface area contributed by atoms with E-state index in [9.17, 15) is 0 Å². The van der Waals surface area contributed by atoms with Gasteiger partial charge in [0.15, 0.2) is 0 Å². The third-order valence-corrected chi connectivity index (χ3v) is 3.80. The molecule has 14 heavy (non-hydrogen) atoms. The van der Waals surface area contributed by atoms with E-state index in [0.717, 1.165) is 23.8 Å². The molecule has 0 aliphatic heterocycles. The highest BCUT2D eigenvalue weighted by Gasteiger charge is 2.25. The number of unbranched alkanes of at least 4 members (excludes halogenated alkanes) is 1. The van der Waals surface area contributed by atoms with Crippen LogP contribution in [0.2, 0.25) is 0 Å². The summed E-state index contributed by atoms with van der Waals surface area (Å²) in [6, 6.07) is 0. The summed E-state index contributed by atoms with van der Waals surface area (Å²) in [7, 11) is 0. The molecule has 1 fully saturated rings. The van der Waals surface area contributed by atoms with Crippen LogP contribution in [0.1, 0.15) is 46.0 Å². The molecule has 0 N–H and O–H groups in total. The van der Waals surface area contributed by atoms with E-state index >= 15 is 0 Å². The smallest absolute Gasteiger partial charge is 0.0603 e. The second-order valence-electron chi connectivity index (χ2n) is 4.70. The molecule has 0 amide bonds. The van der Waals surface area contributed by atoms with Crippen molar-refractivity contribution in [2.45, 2.75) is 52.1 Å². The first kappa shape index (κ1) is 12.5. The molecule has 0 radical (unpaired) electrons. The molecule has 0 saturated heterocycles. The first-order valence-corrected chi connectivity index (χ1v) is 7.03. The topological polar surface area (TPSA) is 9.23 Å². The summed E-state index contributed by atoms with van der Waals surface area (Å²) in [5.41, 5.74) is 0. The van der Waals surface area contributed by atoms with Crippen molar-refractivity contribution in [2.24, 2.45) is 11.8 Å². The predicted molar refractivity (Wildman–Crippen MR) is 64.9 cm³/mol. The zero-order valence-electron chi connectivity index (χ0n) is 9.47. The van der Waals surface area contributed by atoms with Crippen LogP contribution in [0.4, 0.5) is 0 Å². The van der Waals surface area contributed by atoms with Crippen LogP contribution in [0.25, 0.3) is 0 Å². The first-order chi connectivity index (χ1) is 6.74. The van der Waals surface area contributed by atoms with Gasteiger partial charge in [-0.05, 0) is 37.5 Å². The molecule has 0 bridgehead atoms. The number of hydrogen-bond acceptors (Lipinski definition) is 1. The van der Waals surface area contributed by atoms with E-state index in [1.165, 1.54) is 32.1 Å². The zero-order valence-corrected chi connectivity index (χ0v) is 11.1. The van der Waals surface area contributed by atoms with Crippen LogP contribution >= 0.6 is 15.9 Å². The second-order valence-corrected chi connectivity index (χ2v) is 5.49. The summed E-state index contributed by atoms with van der Waals surface area (Å²) < 4.78 is 5.95. The maximum Gasteiger partial charge on any atom is 0.0603 e. The normalized spacial score (nSPS) is 33.2. The molecule has 1 nitrogen and oxygen atoms in total. The Morgan fingerprint density at radius 1 is 1.21 bits per heavy atom. The fourth-order valence-corrected chi connectivity index (χ4v) is 2.54. The Balaban J connectivity index is 2.14. The molecule has 2 heteroatoms. The van der Waals surface area contributed by atoms with E-state index in [4.69, 9.17) is 4.74 Å². The molecule has 1 saturated carbocycles. The minimum absolute atomic E-state index is 0.536. The van der Waals surface area contributed by atoms with Crippen molar-refractivity contribution in [3.63, 3.8) is 0 Å². The quantitative estimate of drug-likeness (QED) is 0.538. The molecular weight excluding hydrogens is 240 g/mol. The van der Waals surface area contributed by atoms with Crippen molar-refractivity contribution in [3.05, 3.63) is 0 Å². The molecule has 3 unspecified atom stereocenters. The SMILES string of the molecule is CC1CCC(C)C(OCCCCBr)C1. The fourth-order valence-electron chi connectivity index (χ4n) is 2.14. The molecule has 0 aromatic carbocycles. The summed E-state index contributed by atoms with van der Waals surface area (Å²) >= 11 is 3.44. The van der Waals surface area contributed by atoms with Gasteiger partial charge in [0.05, 0.1) is 6.10 Å². The Hall–Kier alpha value is 0.440. The van der Waals surface area contributed by atoms with Crippen molar-refractivity contribution in [2.75, 3.05) is 11.9 Å². The maximum absolute atomic E-state index is 5.95. The van der Waals surface area contributed by atoms with Crippen LogP contribution in [0, 0.1) is 11.8 Å². The van der Waals surface area contributed by atoms with Gasteiger partial charge in [0.25, 0.3) is 0 Å². The summed E-state index contributed by atoms with van der Waals surface area (Å²) in [5, 5.41) is 1.10. The molecule has 0 aromatic heterocycles. The van der Waals surface area contributed by atoms with Gasteiger partial charge in [0.1, 0.15) is 0 Å². The predicted octanol–water partition coefficient (Wildman–Crippen LogP) is 4.00. The van der Waals surface area contributed by atoms with Crippen LogP contribution < -0.4 is 0 Å². The average Bonchev–Trinajstić information content (AvgIpc) is 2.18. The zero-order chi connectivity index (χ0) is 10.4. The fraction of sp³-hybridized carbons (Fsp3) is 1.00. The molecule has 1 aliphatic rings. The van der Waals surface area contributed by atoms with Gasteiger partial charge >= 0.3 is 0 Å². The summed E-state index contributed by atoms with van der Waals surface area (Å²) in [5.74, 6) is 1.64. The molecule has 0 heterocycles. The molecule has 0 aromatic rings. The lowest BCUT2D eigenvalue weighted by molar-refractivity contribution is -0.0188. The molecular formula is C12H23BrO. The molecule has 1 aliphatic carbocycles. The minimum atomic E-state index is 0.536. The largest absolute Gasteiger partial charge is 0.378 e. The van der Waals surface area contributed by atoms with E-state index in [2.05, 4.69) is 29.8 Å². The Bertz CT molecular complexity index is 149. The Morgan fingerprint density at radius 2 is 2.00 bits per heavy atom. The number of hydrogen-bond donors (Lipinski definition) is 0. The van der Waals surface area contributed by atoms with E-state index < -0.39 is 0 Å². The maximum atomic E-state index is 5.95. The average molecular weight is 263 g/mol. The van der Waals surface area contributed by atoms with E-state index in [0.29, 0.717) is 6.10 Å². The van der Waals surface area contributed by atoms with Gasteiger partial charge in [-0.1, -0.05) is 36.2 Å². The van der Waals surface area contributed by atoms with Crippen molar-refractivity contribution in [1.29, 1.82) is 0 Å². The van der Waals surface area contributed by atoms with Crippen molar-refractivity contribution < 1.29 is 4.74 Å². The van der Waals surface area contributed by atoms with Crippen molar-refractivity contribution in [3.8, 4) is 0 Å². The molecule has 84 valence electrons. The van der Waals surface area contributed by atoms with Gasteiger partial charge < -0.3 is 4.74 Å². The molecule has 3 atom stereocenters. The van der Waals surface area contributed by atoms with Crippen LogP contribution in [0.5, 0.6) is 0 Å². The van der Waals surface area contributed by atoms with E-state index in [1.54, 1.807) is 0 Å². The summed E-state index contributed by atoms with van der Waals surface area (Å²) in [4.78, 5) is 0. The standard InChI is InChI=1S/C12H23BrO/c1-10-5-6-11(2)12(9-10)14-8-4-3-7-13/h10-12H,3-9H2,1-2H3. The van der Waals surface area contributed by atoms with Crippen LogP contribution in [0.15, 0.2) is 0 Å². The number of ether oxygens (including phenoxy) is 1. The van der Waals surface area contributed by atoms with E-state index in [-0.39, 0.29) is 0 Å². The van der Waals surface area contributed by atoms with Crippen LogP contribution in [-0.2, 0) is 4.74 Å². The Labute approximate surface area is 96.7 Å². The van der Waals surface area contributed by atoms with Gasteiger partial charge in [-0.2, -0.15) is 0 Å². The summed E-state index contributed by atoms with van der Waals surface area (Å²) in [6.45, 7) is 5.63. The van der Waals surface area contributed by atoms with E-state index in [1.807, 2.05) is 0 Å². The number of alkyl halides is 1. The lowest BCUT2D eigenvalue weighted by Crippen LogP contribution is -2.29. The van der Waals surface area contributed by atoms with Crippen LogP contribution in [-0.4, -0.2) is 18.0 Å². The van der Waals surface area contributed by atoms with Gasteiger partial charge in [0, 0.05) is 11.9 Å². The van der Waals surface area contributed by atoms with Gasteiger partial charge in [-0.3, -0.25) is 0 Å². The second kappa shape index (κ2) is 6.84. The third kappa shape index (κ3) is 4.31. The number of rotatable bonds is 5. The Morgan fingerprint density at radius 3 is 2.71 bits per heavy atom. The lowest BCUT2D eigenvalue weighted by atomic mass is 9.82. The minimum Gasteiger partial charge on any atom is -0.378 e. The van der Waals surface area contributed by atoms with Gasteiger partial charge in [0.2, 0.25) is 0 Å². The van der Waals surface area contributed by atoms with Crippen LogP contribution in [0.3, 0.4) is 0 Å². The van der Waals surface area contributed by atoms with Gasteiger partial charge in [-0.15, -0.1) is 0 Å². The first-order valence-electron chi connectivity index (χ1n) is 5.91. The highest BCUT2D eigenvalue weighted by atomic mass is 79.9. The summed E-state index contributed by atoms with van der Waals surface area (Å²) in [6.07, 6.45) is 6.98. The third-order valence-electron chi connectivity index (χ3n) is 3.24. The number of halogens is 1.